The molecule has 1 aromatic rings. The Bertz CT molecular complexity index is 405. The van der Waals surface area contributed by atoms with Gasteiger partial charge in [-0.2, -0.15) is 0 Å². The lowest BCUT2D eigenvalue weighted by atomic mass is 9.95. The smallest absolute Gasteiger partial charge is 0.121 e. The maximum Gasteiger partial charge on any atom is 0.121 e. The zero-order valence-corrected chi connectivity index (χ0v) is 12.8. The molecule has 0 bridgehead atoms. The van der Waals surface area contributed by atoms with Crippen LogP contribution in [0.2, 0.25) is 10.0 Å². The number of hydrogen-bond acceptors (Lipinski definition) is 2. The average molecular weight is 302 g/mol. The van der Waals surface area contributed by atoms with Gasteiger partial charge in [-0.25, -0.2) is 0 Å². The third-order valence-corrected chi connectivity index (χ3v) is 4.27. The zero-order chi connectivity index (χ0) is 13.7. The van der Waals surface area contributed by atoms with Crippen LogP contribution >= 0.6 is 23.2 Å². The molecule has 1 aliphatic carbocycles. The van der Waals surface area contributed by atoms with Gasteiger partial charge in [-0.05, 0) is 31.9 Å². The SMILES string of the molecule is CC(CNC1CCCCC1)Oc1ccc(Cl)c(Cl)c1. The van der Waals surface area contributed by atoms with E-state index in [9.17, 15) is 0 Å². The summed E-state index contributed by atoms with van der Waals surface area (Å²) in [7, 11) is 0. The number of benzene rings is 1. The van der Waals surface area contributed by atoms with Crippen LogP contribution in [0.4, 0.5) is 0 Å². The van der Waals surface area contributed by atoms with E-state index in [1.54, 1.807) is 12.1 Å². The highest BCUT2D eigenvalue weighted by molar-refractivity contribution is 6.42. The summed E-state index contributed by atoms with van der Waals surface area (Å²) in [6, 6.07) is 6.04. The first-order valence-corrected chi connectivity index (χ1v) is 7.76. The molecule has 0 saturated heterocycles. The number of ether oxygens (including phenoxy) is 1. The van der Waals surface area contributed by atoms with Gasteiger partial charge >= 0.3 is 0 Å². The van der Waals surface area contributed by atoms with Crippen LogP contribution < -0.4 is 10.1 Å². The van der Waals surface area contributed by atoms with E-state index in [1.165, 1.54) is 32.1 Å². The van der Waals surface area contributed by atoms with E-state index in [1.807, 2.05) is 6.07 Å². The molecular formula is C15H21Cl2NO. The largest absolute Gasteiger partial charge is 0.489 e. The van der Waals surface area contributed by atoms with Crippen molar-refractivity contribution in [3.05, 3.63) is 28.2 Å². The molecular weight excluding hydrogens is 281 g/mol. The van der Waals surface area contributed by atoms with Crippen molar-refractivity contribution in [2.75, 3.05) is 6.54 Å². The fourth-order valence-corrected chi connectivity index (χ4v) is 2.75. The van der Waals surface area contributed by atoms with Crippen LogP contribution in [0, 0.1) is 0 Å². The summed E-state index contributed by atoms with van der Waals surface area (Å²) in [5.41, 5.74) is 0. The molecule has 1 aliphatic rings. The molecule has 0 radical (unpaired) electrons. The molecule has 0 heterocycles. The van der Waals surface area contributed by atoms with E-state index in [0.717, 1.165) is 12.3 Å². The van der Waals surface area contributed by atoms with Crippen molar-refractivity contribution in [2.24, 2.45) is 0 Å². The van der Waals surface area contributed by atoms with Crippen molar-refractivity contribution >= 4 is 23.2 Å². The summed E-state index contributed by atoms with van der Waals surface area (Å²) in [6.45, 7) is 2.93. The highest BCUT2D eigenvalue weighted by atomic mass is 35.5. The predicted octanol–water partition coefficient (Wildman–Crippen LogP) is 4.68. The van der Waals surface area contributed by atoms with E-state index in [-0.39, 0.29) is 6.10 Å². The van der Waals surface area contributed by atoms with Gasteiger partial charge in [0.15, 0.2) is 0 Å². The van der Waals surface area contributed by atoms with E-state index >= 15 is 0 Å². The molecule has 1 unspecified atom stereocenters. The van der Waals surface area contributed by atoms with E-state index in [0.29, 0.717) is 16.1 Å². The van der Waals surface area contributed by atoms with Crippen molar-refractivity contribution in [1.29, 1.82) is 0 Å². The van der Waals surface area contributed by atoms with E-state index < -0.39 is 0 Å². The molecule has 0 aliphatic heterocycles. The highest BCUT2D eigenvalue weighted by Gasteiger charge is 2.14. The molecule has 2 rings (SSSR count). The van der Waals surface area contributed by atoms with Crippen molar-refractivity contribution in [3.63, 3.8) is 0 Å². The minimum Gasteiger partial charge on any atom is -0.489 e. The van der Waals surface area contributed by atoms with Crippen molar-refractivity contribution in [3.8, 4) is 5.75 Å². The second-order valence-electron chi connectivity index (χ2n) is 5.25. The number of hydrogen-bond donors (Lipinski definition) is 1. The van der Waals surface area contributed by atoms with Gasteiger partial charge in [0.05, 0.1) is 10.0 Å². The molecule has 1 fully saturated rings. The Balaban J connectivity index is 1.76. The van der Waals surface area contributed by atoms with Crippen molar-refractivity contribution < 1.29 is 4.74 Å². The Morgan fingerprint density at radius 2 is 1.95 bits per heavy atom. The summed E-state index contributed by atoms with van der Waals surface area (Å²) in [5, 5.41) is 4.67. The second-order valence-corrected chi connectivity index (χ2v) is 6.06. The second kappa shape index (κ2) is 7.37. The van der Waals surface area contributed by atoms with Crippen LogP contribution in [0.25, 0.3) is 0 Å². The van der Waals surface area contributed by atoms with Gasteiger partial charge in [0.1, 0.15) is 11.9 Å². The van der Waals surface area contributed by atoms with Crippen LogP contribution in [0.15, 0.2) is 18.2 Å². The highest BCUT2D eigenvalue weighted by Crippen LogP contribution is 2.26. The van der Waals surface area contributed by atoms with E-state index in [2.05, 4.69) is 12.2 Å². The maximum absolute atomic E-state index is 5.97. The Morgan fingerprint density at radius 3 is 2.63 bits per heavy atom. The number of rotatable bonds is 5. The first-order valence-electron chi connectivity index (χ1n) is 7.00. The predicted molar refractivity (Wildman–Crippen MR) is 81.4 cm³/mol. The van der Waals surface area contributed by atoms with Gasteiger partial charge in [-0.1, -0.05) is 42.5 Å². The minimum atomic E-state index is 0.124. The molecule has 19 heavy (non-hydrogen) atoms. The zero-order valence-electron chi connectivity index (χ0n) is 11.3. The van der Waals surface area contributed by atoms with Crippen LogP contribution in [0.3, 0.4) is 0 Å². The quantitative estimate of drug-likeness (QED) is 0.852. The molecule has 2 nitrogen and oxygen atoms in total. The lowest BCUT2D eigenvalue weighted by Crippen LogP contribution is -2.37. The molecule has 0 spiro atoms. The molecule has 4 heteroatoms. The van der Waals surface area contributed by atoms with Gasteiger partial charge < -0.3 is 10.1 Å². The molecule has 106 valence electrons. The van der Waals surface area contributed by atoms with Gasteiger partial charge in [0, 0.05) is 18.7 Å². The van der Waals surface area contributed by atoms with Gasteiger partial charge in [0.2, 0.25) is 0 Å². The maximum atomic E-state index is 5.97. The average Bonchev–Trinajstić information content (AvgIpc) is 2.42. The molecule has 1 N–H and O–H groups in total. The first-order chi connectivity index (χ1) is 9.15. The third kappa shape index (κ3) is 4.87. The summed E-state index contributed by atoms with van der Waals surface area (Å²) in [6.07, 6.45) is 6.78. The first kappa shape index (κ1) is 15.0. The Kier molecular flexibility index (Phi) is 5.80. The lowest BCUT2D eigenvalue weighted by Gasteiger charge is -2.25. The van der Waals surface area contributed by atoms with Gasteiger partial charge in [0.25, 0.3) is 0 Å². The monoisotopic (exact) mass is 301 g/mol. The number of halogens is 2. The van der Waals surface area contributed by atoms with Crippen molar-refractivity contribution in [2.45, 2.75) is 51.2 Å². The summed E-state index contributed by atoms with van der Waals surface area (Å²) in [4.78, 5) is 0. The third-order valence-electron chi connectivity index (χ3n) is 3.53. The van der Waals surface area contributed by atoms with Crippen LogP contribution in [0.1, 0.15) is 39.0 Å². The van der Waals surface area contributed by atoms with Crippen LogP contribution in [-0.4, -0.2) is 18.7 Å². The Hall–Kier alpha value is -0.440. The Labute approximate surface area is 125 Å². The van der Waals surface area contributed by atoms with Gasteiger partial charge in [-0.15, -0.1) is 0 Å². The molecule has 0 amide bonds. The Morgan fingerprint density at radius 1 is 1.21 bits per heavy atom. The van der Waals surface area contributed by atoms with Crippen LogP contribution in [-0.2, 0) is 0 Å². The number of nitrogens with one attached hydrogen (secondary N) is 1. The normalized spacial score (nSPS) is 18.3. The lowest BCUT2D eigenvalue weighted by molar-refractivity contribution is 0.205. The minimum absolute atomic E-state index is 0.124. The fraction of sp³-hybridized carbons (Fsp3) is 0.600. The molecule has 1 atom stereocenters. The molecule has 1 saturated carbocycles. The summed E-state index contributed by atoms with van der Waals surface area (Å²) >= 11 is 11.8. The van der Waals surface area contributed by atoms with Crippen LogP contribution in [0.5, 0.6) is 5.75 Å². The fourth-order valence-electron chi connectivity index (χ4n) is 2.46. The van der Waals surface area contributed by atoms with Crippen molar-refractivity contribution in [1.82, 2.24) is 5.32 Å². The topological polar surface area (TPSA) is 21.3 Å². The standard InChI is InChI=1S/C15H21Cl2NO/c1-11(10-18-12-5-3-2-4-6-12)19-13-7-8-14(16)15(17)9-13/h7-9,11-12,18H,2-6,10H2,1H3. The summed E-state index contributed by atoms with van der Waals surface area (Å²) < 4.78 is 5.84. The molecule has 1 aromatic carbocycles. The molecule has 0 aromatic heterocycles. The van der Waals surface area contributed by atoms with E-state index in [4.69, 9.17) is 27.9 Å². The summed E-state index contributed by atoms with van der Waals surface area (Å²) in [5.74, 6) is 0.771. The van der Waals surface area contributed by atoms with Gasteiger partial charge in [-0.3, -0.25) is 0 Å².